The Hall–Kier alpha value is -1.39. The first-order valence-corrected chi connectivity index (χ1v) is 7.39. The maximum absolute atomic E-state index is 13.7. The van der Waals surface area contributed by atoms with E-state index >= 15 is 0 Å². The molecule has 1 nitrogen and oxygen atoms in total. The first kappa shape index (κ1) is 15.0. The number of hydrogen-bond acceptors (Lipinski definition) is 2. The predicted octanol–water partition coefficient (Wildman–Crippen LogP) is 4.75. The number of rotatable bonds is 5. The van der Waals surface area contributed by atoms with E-state index in [0.29, 0.717) is 10.9 Å². The molecule has 20 heavy (non-hydrogen) atoms. The van der Waals surface area contributed by atoms with E-state index in [2.05, 4.69) is 15.9 Å². The minimum atomic E-state index is -0.493. The van der Waals surface area contributed by atoms with Crippen LogP contribution in [-0.4, -0.2) is 11.2 Å². The molecule has 2 aromatic carbocycles. The maximum Gasteiger partial charge on any atom is 0.166 e. The third-order valence-corrected chi connectivity index (χ3v) is 3.78. The molecular formula is C16H12BrFOS. The third-order valence-electron chi connectivity index (χ3n) is 3.04. The molecule has 0 aromatic heterocycles. The maximum atomic E-state index is 13.7. The molecule has 0 saturated carbocycles. The minimum Gasteiger partial charge on any atom is -0.294 e. The summed E-state index contributed by atoms with van der Waals surface area (Å²) in [5.74, 6) is -0.693. The average molecular weight is 351 g/mol. The molecule has 2 rings (SSSR count). The van der Waals surface area contributed by atoms with Gasteiger partial charge < -0.3 is 0 Å². The van der Waals surface area contributed by atoms with Gasteiger partial charge in [-0.15, -0.1) is 0 Å². The molecule has 0 bridgehead atoms. The highest BCUT2D eigenvalue weighted by atomic mass is 79.9. The second-order valence-corrected chi connectivity index (χ2v) is 5.52. The van der Waals surface area contributed by atoms with Crippen LogP contribution in [0.25, 0.3) is 0 Å². The Kier molecular flexibility index (Phi) is 5.15. The van der Waals surface area contributed by atoms with E-state index in [-0.39, 0.29) is 17.8 Å². The van der Waals surface area contributed by atoms with Crippen LogP contribution in [0.1, 0.15) is 27.9 Å². The van der Waals surface area contributed by atoms with Crippen LogP contribution in [0.4, 0.5) is 4.39 Å². The topological polar surface area (TPSA) is 17.1 Å². The quantitative estimate of drug-likeness (QED) is 0.571. The number of hydrogen-bond donors (Lipinski definition) is 0. The Balaban J connectivity index is 2.10. The van der Waals surface area contributed by atoms with Gasteiger partial charge in [-0.1, -0.05) is 52.4 Å². The number of carbonyl (C=O) groups is 1. The highest BCUT2D eigenvalue weighted by molar-refractivity contribution is 9.10. The molecule has 0 saturated heterocycles. The summed E-state index contributed by atoms with van der Waals surface area (Å²) in [4.78, 5) is 12.1. The molecule has 0 amide bonds. The van der Waals surface area contributed by atoms with Crippen molar-refractivity contribution >= 4 is 39.3 Å². The third kappa shape index (κ3) is 3.58. The average Bonchev–Trinajstić information content (AvgIpc) is 2.45. The number of benzene rings is 2. The summed E-state index contributed by atoms with van der Waals surface area (Å²) >= 11 is 8.11. The second-order valence-electron chi connectivity index (χ2n) is 4.36. The Morgan fingerprint density at radius 1 is 1.25 bits per heavy atom. The van der Waals surface area contributed by atoms with Gasteiger partial charge in [0, 0.05) is 16.3 Å². The lowest BCUT2D eigenvalue weighted by atomic mass is 9.99. The van der Waals surface area contributed by atoms with Crippen LogP contribution in [0.15, 0.2) is 46.9 Å². The van der Waals surface area contributed by atoms with Gasteiger partial charge in [0.1, 0.15) is 5.82 Å². The van der Waals surface area contributed by atoms with E-state index in [1.807, 2.05) is 24.3 Å². The van der Waals surface area contributed by atoms with Gasteiger partial charge in [-0.2, -0.15) is 0 Å². The Morgan fingerprint density at radius 3 is 2.70 bits per heavy atom. The molecule has 0 radical (unpaired) electrons. The molecule has 0 aliphatic rings. The fourth-order valence-electron chi connectivity index (χ4n) is 1.98. The van der Waals surface area contributed by atoms with E-state index in [0.717, 1.165) is 11.1 Å². The first-order chi connectivity index (χ1) is 9.61. The fourth-order valence-corrected chi connectivity index (χ4v) is 2.54. The zero-order valence-electron chi connectivity index (χ0n) is 10.6. The summed E-state index contributed by atoms with van der Waals surface area (Å²) in [6.45, 7) is 0. The zero-order valence-corrected chi connectivity index (χ0v) is 13.0. The molecule has 4 heteroatoms. The summed E-state index contributed by atoms with van der Waals surface area (Å²) in [5.41, 5.74) is 2.08. The van der Waals surface area contributed by atoms with Gasteiger partial charge in [0.15, 0.2) is 5.78 Å². The van der Waals surface area contributed by atoms with Crippen LogP contribution in [0.5, 0.6) is 0 Å². The lowest BCUT2D eigenvalue weighted by molar-refractivity contribution is 0.0979. The molecule has 0 aliphatic carbocycles. The van der Waals surface area contributed by atoms with Crippen molar-refractivity contribution in [2.75, 3.05) is 0 Å². The van der Waals surface area contributed by atoms with E-state index in [1.165, 1.54) is 12.1 Å². The molecule has 0 N–H and O–H groups in total. The summed E-state index contributed by atoms with van der Waals surface area (Å²) < 4.78 is 14.3. The van der Waals surface area contributed by atoms with Crippen LogP contribution >= 0.6 is 28.1 Å². The van der Waals surface area contributed by atoms with E-state index in [9.17, 15) is 9.18 Å². The fraction of sp³-hybridized carbons (Fsp3) is 0.125. The molecular weight excluding hydrogens is 339 g/mol. The van der Waals surface area contributed by atoms with Gasteiger partial charge in [0.2, 0.25) is 0 Å². The molecule has 0 aliphatic heterocycles. The monoisotopic (exact) mass is 350 g/mol. The van der Waals surface area contributed by atoms with Crippen molar-refractivity contribution in [1.82, 2.24) is 0 Å². The van der Waals surface area contributed by atoms with E-state index in [1.54, 1.807) is 11.4 Å². The number of aryl methyl sites for hydroxylation is 1. The van der Waals surface area contributed by atoms with Crippen molar-refractivity contribution in [2.24, 2.45) is 0 Å². The summed E-state index contributed by atoms with van der Waals surface area (Å²) in [6, 6.07) is 12.1. The summed E-state index contributed by atoms with van der Waals surface area (Å²) in [6.07, 6.45) is 0.816. The molecule has 0 heterocycles. The van der Waals surface area contributed by atoms with Gasteiger partial charge in [-0.25, -0.2) is 4.39 Å². The first-order valence-electron chi connectivity index (χ1n) is 6.13. The van der Waals surface area contributed by atoms with Crippen molar-refractivity contribution in [3.8, 4) is 0 Å². The van der Waals surface area contributed by atoms with E-state index < -0.39 is 5.82 Å². The zero-order chi connectivity index (χ0) is 14.5. The largest absolute Gasteiger partial charge is 0.294 e. The summed E-state index contributed by atoms with van der Waals surface area (Å²) in [7, 11) is 0. The van der Waals surface area contributed by atoms with Crippen molar-refractivity contribution < 1.29 is 9.18 Å². The normalized spacial score (nSPS) is 10.3. The van der Waals surface area contributed by atoms with Gasteiger partial charge in [-0.3, -0.25) is 4.79 Å². The van der Waals surface area contributed by atoms with Crippen LogP contribution < -0.4 is 0 Å². The van der Waals surface area contributed by atoms with Crippen LogP contribution in [-0.2, 0) is 6.42 Å². The standard InChI is InChI=1S/C16H12BrFOS/c17-13-6-7-14(15(18)9-13)16(19)8-5-11-3-1-2-4-12(11)10-20/h1-4,6-7,9-10H,5,8H2. The van der Waals surface area contributed by atoms with Gasteiger partial charge in [0.25, 0.3) is 0 Å². The smallest absolute Gasteiger partial charge is 0.166 e. The number of ketones is 1. The Labute approximate surface area is 131 Å². The van der Waals surface area contributed by atoms with E-state index in [4.69, 9.17) is 12.2 Å². The lowest BCUT2D eigenvalue weighted by Crippen LogP contribution is -2.05. The van der Waals surface area contributed by atoms with Crippen molar-refractivity contribution in [2.45, 2.75) is 12.8 Å². The Bertz CT molecular complexity index is 655. The number of Topliss-reactive ketones (excluding diaryl/α,β-unsaturated/α-hetero) is 1. The van der Waals surface area contributed by atoms with Gasteiger partial charge in [0.05, 0.1) is 5.56 Å². The van der Waals surface area contributed by atoms with Crippen LogP contribution in [0.3, 0.4) is 0 Å². The van der Waals surface area contributed by atoms with Crippen LogP contribution in [0.2, 0.25) is 0 Å². The number of carbonyl (C=O) groups excluding carboxylic acids is 1. The SMILES string of the molecule is O=C(CCc1ccccc1C=S)c1ccc(Br)cc1F. The van der Waals surface area contributed by atoms with Crippen molar-refractivity contribution in [3.05, 3.63) is 69.4 Å². The van der Waals surface area contributed by atoms with Gasteiger partial charge in [-0.05, 0) is 35.7 Å². The molecule has 0 spiro atoms. The van der Waals surface area contributed by atoms with Crippen molar-refractivity contribution in [1.29, 1.82) is 0 Å². The summed E-state index contributed by atoms with van der Waals surface area (Å²) in [5, 5.41) is 1.60. The highest BCUT2D eigenvalue weighted by Gasteiger charge is 2.12. The van der Waals surface area contributed by atoms with Gasteiger partial charge >= 0.3 is 0 Å². The molecule has 102 valence electrons. The lowest BCUT2D eigenvalue weighted by Gasteiger charge is -2.06. The van der Waals surface area contributed by atoms with Crippen LogP contribution in [0, 0.1) is 5.82 Å². The Morgan fingerprint density at radius 2 is 2.00 bits per heavy atom. The molecule has 0 unspecified atom stereocenters. The molecule has 2 aromatic rings. The molecule has 0 fully saturated rings. The predicted molar refractivity (Wildman–Crippen MR) is 86.0 cm³/mol. The second kappa shape index (κ2) is 6.86. The minimum absolute atomic E-state index is 0.132. The number of halogens is 2. The highest BCUT2D eigenvalue weighted by Crippen LogP contribution is 2.18. The number of thiocarbonyl (C=S) groups is 1. The van der Waals surface area contributed by atoms with Crippen molar-refractivity contribution in [3.63, 3.8) is 0 Å². The molecule has 0 atom stereocenters.